The lowest BCUT2D eigenvalue weighted by Crippen LogP contribution is -2.36. The molecule has 3 heteroatoms. The highest BCUT2D eigenvalue weighted by Gasteiger charge is 2.16. The fourth-order valence-electron chi connectivity index (χ4n) is 1.09. The van der Waals surface area contributed by atoms with Gasteiger partial charge < -0.3 is 9.64 Å². The van der Waals surface area contributed by atoms with Crippen LogP contribution in [0.5, 0.6) is 0 Å². The first-order chi connectivity index (χ1) is 6.76. The van der Waals surface area contributed by atoms with Gasteiger partial charge in [-0.25, -0.2) is 0 Å². The van der Waals surface area contributed by atoms with Crippen molar-refractivity contribution in [3.05, 3.63) is 0 Å². The molecule has 1 amide bonds. The molecule has 0 heterocycles. The summed E-state index contributed by atoms with van der Waals surface area (Å²) in [6.45, 7) is 11.1. The molecule has 0 aliphatic carbocycles. The van der Waals surface area contributed by atoms with Crippen LogP contribution in [0.1, 0.15) is 41.0 Å². The molecule has 0 bridgehead atoms. The van der Waals surface area contributed by atoms with Crippen LogP contribution in [0.15, 0.2) is 0 Å². The van der Waals surface area contributed by atoms with Crippen LogP contribution in [0, 0.1) is 5.92 Å². The molecule has 0 aromatic heterocycles. The summed E-state index contributed by atoms with van der Waals surface area (Å²) < 4.78 is 5.44. The Hall–Kier alpha value is -0.570. The first-order valence-electron chi connectivity index (χ1n) is 5.64. The van der Waals surface area contributed by atoms with E-state index >= 15 is 0 Å². The van der Waals surface area contributed by atoms with Crippen molar-refractivity contribution in [2.75, 3.05) is 20.2 Å². The Balaban J connectivity index is 3.89. The average molecular weight is 215 g/mol. The van der Waals surface area contributed by atoms with Gasteiger partial charge in [-0.1, -0.05) is 20.3 Å². The molecule has 0 aliphatic heterocycles. The Morgan fingerprint density at radius 1 is 1.40 bits per heavy atom. The van der Waals surface area contributed by atoms with Gasteiger partial charge in [-0.05, 0) is 26.7 Å². The van der Waals surface area contributed by atoms with E-state index in [2.05, 4.69) is 13.8 Å². The number of likely N-dealkylation sites (N-methyl/N-ethyl adjacent to an activating group) is 1. The maximum Gasteiger partial charge on any atom is 0.248 e. The van der Waals surface area contributed by atoms with E-state index in [1.54, 1.807) is 4.90 Å². The number of hydrogen-bond donors (Lipinski definition) is 0. The van der Waals surface area contributed by atoms with E-state index in [-0.39, 0.29) is 18.1 Å². The van der Waals surface area contributed by atoms with E-state index in [0.29, 0.717) is 5.92 Å². The number of amides is 1. The van der Waals surface area contributed by atoms with Gasteiger partial charge in [0.25, 0.3) is 0 Å². The van der Waals surface area contributed by atoms with Crippen molar-refractivity contribution in [2.45, 2.75) is 46.6 Å². The summed E-state index contributed by atoms with van der Waals surface area (Å²) in [4.78, 5) is 13.4. The van der Waals surface area contributed by atoms with Gasteiger partial charge in [0.1, 0.15) is 6.61 Å². The topological polar surface area (TPSA) is 29.5 Å². The summed E-state index contributed by atoms with van der Waals surface area (Å²) in [5, 5.41) is 0. The predicted octanol–water partition coefficient (Wildman–Crippen LogP) is 2.31. The number of ether oxygens (including phenoxy) is 1. The van der Waals surface area contributed by atoms with Crippen LogP contribution in [-0.2, 0) is 9.53 Å². The summed E-state index contributed by atoms with van der Waals surface area (Å²) in [5.74, 6) is 0.610. The second-order valence-corrected chi connectivity index (χ2v) is 5.19. The normalized spacial score (nSPS) is 13.7. The maximum atomic E-state index is 11.6. The molecular formula is C12H25NO2. The van der Waals surface area contributed by atoms with Crippen molar-refractivity contribution >= 4 is 5.91 Å². The summed E-state index contributed by atoms with van der Waals surface area (Å²) in [5.41, 5.74) is -0.243. The summed E-state index contributed by atoms with van der Waals surface area (Å²) in [7, 11) is 1.83. The SMILES string of the molecule is CCC(C)CN(C)C(=O)COC(C)(C)C. The standard InChI is InChI=1S/C12H25NO2/c1-7-10(2)8-13(6)11(14)9-15-12(3,4)5/h10H,7-9H2,1-6H3. The van der Waals surface area contributed by atoms with Gasteiger partial charge >= 0.3 is 0 Å². The van der Waals surface area contributed by atoms with Gasteiger partial charge in [0.15, 0.2) is 0 Å². The van der Waals surface area contributed by atoms with Crippen LogP contribution < -0.4 is 0 Å². The van der Waals surface area contributed by atoms with E-state index in [1.165, 1.54) is 0 Å². The van der Waals surface area contributed by atoms with E-state index in [0.717, 1.165) is 13.0 Å². The third-order valence-corrected chi connectivity index (χ3v) is 2.34. The minimum absolute atomic E-state index is 0.0604. The molecular weight excluding hydrogens is 190 g/mol. The monoisotopic (exact) mass is 215 g/mol. The number of rotatable bonds is 5. The Kier molecular flexibility index (Phi) is 5.88. The number of nitrogens with zero attached hydrogens (tertiary/aromatic N) is 1. The Morgan fingerprint density at radius 2 is 1.93 bits per heavy atom. The van der Waals surface area contributed by atoms with Crippen molar-refractivity contribution in [1.29, 1.82) is 0 Å². The molecule has 0 fully saturated rings. The molecule has 0 rings (SSSR count). The first kappa shape index (κ1) is 14.4. The number of carbonyl (C=O) groups excluding carboxylic acids is 1. The molecule has 0 saturated carbocycles. The molecule has 1 unspecified atom stereocenters. The molecule has 0 spiro atoms. The maximum absolute atomic E-state index is 11.6. The van der Waals surface area contributed by atoms with Crippen molar-refractivity contribution in [3.8, 4) is 0 Å². The fourth-order valence-corrected chi connectivity index (χ4v) is 1.09. The van der Waals surface area contributed by atoms with Crippen LogP contribution in [-0.4, -0.2) is 36.6 Å². The molecule has 0 aliphatic rings. The van der Waals surface area contributed by atoms with Gasteiger partial charge in [0.05, 0.1) is 5.60 Å². The van der Waals surface area contributed by atoms with Gasteiger partial charge in [0, 0.05) is 13.6 Å². The Morgan fingerprint density at radius 3 is 2.33 bits per heavy atom. The highest BCUT2D eigenvalue weighted by atomic mass is 16.5. The molecule has 3 nitrogen and oxygen atoms in total. The lowest BCUT2D eigenvalue weighted by Gasteiger charge is -2.24. The zero-order chi connectivity index (χ0) is 12.1. The highest BCUT2D eigenvalue weighted by molar-refractivity contribution is 5.77. The van der Waals surface area contributed by atoms with E-state index in [9.17, 15) is 4.79 Å². The van der Waals surface area contributed by atoms with Crippen LogP contribution >= 0.6 is 0 Å². The second kappa shape index (κ2) is 6.11. The third kappa shape index (κ3) is 7.37. The minimum Gasteiger partial charge on any atom is -0.366 e. The first-order valence-corrected chi connectivity index (χ1v) is 5.64. The molecule has 0 radical (unpaired) electrons. The number of hydrogen-bond acceptors (Lipinski definition) is 2. The van der Waals surface area contributed by atoms with Crippen molar-refractivity contribution in [1.82, 2.24) is 4.90 Å². The van der Waals surface area contributed by atoms with Gasteiger partial charge in [-0.15, -0.1) is 0 Å². The van der Waals surface area contributed by atoms with Crippen LogP contribution in [0.2, 0.25) is 0 Å². The summed E-state index contributed by atoms with van der Waals surface area (Å²) in [6, 6.07) is 0. The molecule has 15 heavy (non-hydrogen) atoms. The summed E-state index contributed by atoms with van der Waals surface area (Å²) in [6.07, 6.45) is 1.09. The van der Waals surface area contributed by atoms with E-state index in [4.69, 9.17) is 4.74 Å². The quantitative estimate of drug-likeness (QED) is 0.704. The van der Waals surface area contributed by atoms with Crippen LogP contribution in [0.3, 0.4) is 0 Å². The van der Waals surface area contributed by atoms with E-state index < -0.39 is 0 Å². The fraction of sp³-hybridized carbons (Fsp3) is 0.917. The minimum atomic E-state index is -0.243. The average Bonchev–Trinajstić information content (AvgIpc) is 2.12. The number of carbonyl (C=O) groups is 1. The summed E-state index contributed by atoms with van der Waals surface area (Å²) >= 11 is 0. The lowest BCUT2D eigenvalue weighted by atomic mass is 10.1. The largest absolute Gasteiger partial charge is 0.366 e. The zero-order valence-electron chi connectivity index (χ0n) is 11.0. The van der Waals surface area contributed by atoms with Gasteiger partial charge in [-0.2, -0.15) is 0 Å². The van der Waals surface area contributed by atoms with Crippen molar-refractivity contribution in [3.63, 3.8) is 0 Å². The third-order valence-electron chi connectivity index (χ3n) is 2.34. The molecule has 0 saturated heterocycles. The highest BCUT2D eigenvalue weighted by Crippen LogP contribution is 2.08. The zero-order valence-corrected chi connectivity index (χ0v) is 11.0. The van der Waals surface area contributed by atoms with Gasteiger partial charge in [-0.3, -0.25) is 4.79 Å². The predicted molar refractivity (Wildman–Crippen MR) is 62.8 cm³/mol. The Bertz CT molecular complexity index is 196. The smallest absolute Gasteiger partial charge is 0.248 e. The lowest BCUT2D eigenvalue weighted by molar-refractivity contribution is -0.140. The molecule has 0 aromatic rings. The second-order valence-electron chi connectivity index (χ2n) is 5.19. The van der Waals surface area contributed by atoms with E-state index in [1.807, 2.05) is 27.8 Å². The molecule has 0 aromatic carbocycles. The van der Waals surface area contributed by atoms with Crippen LogP contribution in [0.4, 0.5) is 0 Å². The molecule has 90 valence electrons. The van der Waals surface area contributed by atoms with Crippen molar-refractivity contribution < 1.29 is 9.53 Å². The molecule has 1 atom stereocenters. The van der Waals surface area contributed by atoms with Crippen LogP contribution in [0.25, 0.3) is 0 Å². The van der Waals surface area contributed by atoms with Gasteiger partial charge in [0.2, 0.25) is 5.91 Å². The Labute approximate surface area is 93.8 Å². The molecule has 0 N–H and O–H groups in total. The van der Waals surface area contributed by atoms with Crippen molar-refractivity contribution in [2.24, 2.45) is 5.92 Å².